The van der Waals surface area contributed by atoms with Gasteiger partial charge in [-0.25, -0.2) is 9.50 Å². The van der Waals surface area contributed by atoms with Gasteiger partial charge in [-0.2, -0.15) is 5.10 Å². The molecule has 0 aliphatic rings. The summed E-state index contributed by atoms with van der Waals surface area (Å²) >= 11 is 0. The molecule has 2 heterocycles. The van der Waals surface area contributed by atoms with Gasteiger partial charge in [-0.05, 0) is 46.7 Å². The second-order valence-corrected chi connectivity index (χ2v) is 5.03. The van der Waals surface area contributed by atoms with Crippen LogP contribution in [0.15, 0.2) is 12.3 Å². The number of aryl methyl sites for hydroxylation is 2. The molecular formula is C14H23N5. The predicted molar refractivity (Wildman–Crippen MR) is 77.2 cm³/mol. The van der Waals surface area contributed by atoms with E-state index in [-0.39, 0.29) is 6.04 Å². The van der Waals surface area contributed by atoms with Crippen LogP contribution in [0, 0.1) is 13.8 Å². The van der Waals surface area contributed by atoms with Gasteiger partial charge in [-0.1, -0.05) is 0 Å². The van der Waals surface area contributed by atoms with Crippen LogP contribution in [0.5, 0.6) is 0 Å². The second kappa shape index (κ2) is 6.12. The maximum Gasteiger partial charge on any atom is 0.155 e. The SMILES string of the molecule is Cc1cc2ncc(C(C)NCCCCN)c(C)n2n1. The number of unbranched alkanes of at least 4 members (excludes halogenated alkanes) is 1. The zero-order chi connectivity index (χ0) is 13.8. The summed E-state index contributed by atoms with van der Waals surface area (Å²) in [4.78, 5) is 4.47. The monoisotopic (exact) mass is 261 g/mol. The van der Waals surface area contributed by atoms with Crippen molar-refractivity contribution in [2.45, 2.75) is 39.7 Å². The molecule has 2 rings (SSSR count). The lowest BCUT2D eigenvalue weighted by atomic mass is 10.1. The van der Waals surface area contributed by atoms with Crippen molar-refractivity contribution in [2.75, 3.05) is 13.1 Å². The summed E-state index contributed by atoms with van der Waals surface area (Å²) in [5.41, 5.74) is 9.75. The van der Waals surface area contributed by atoms with Crippen molar-refractivity contribution in [3.63, 3.8) is 0 Å². The number of aromatic nitrogens is 3. The highest BCUT2D eigenvalue weighted by atomic mass is 15.3. The zero-order valence-corrected chi connectivity index (χ0v) is 12.0. The molecule has 5 nitrogen and oxygen atoms in total. The quantitative estimate of drug-likeness (QED) is 0.777. The number of hydrogen-bond donors (Lipinski definition) is 2. The molecule has 0 aliphatic carbocycles. The lowest BCUT2D eigenvalue weighted by Gasteiger charge is -2.16. The Morgan fingerprint density at radius 2 is 2.16 bits per heavy atom. The van der Waals surface area contributed by atoms with Crippen LogP contribution in [-0.2, 0) is 0 Å². The molecule has 0 fully saturated rings. The van der Waals surface area contributed by atoms with E-state index < -0.39 is 0 Å². The van der Waals surface area contributed by atoms with Gasteiger partial charge in [-0.15, -0.1) is 0 Å². The third-order valence-corrected chi connectivity index (χ3v) is 3.43. The van der Waals surface area contributed by atoms with E-state index >= 15 is 0 Å². The van der Waals surface area contributed by atoms with Gasteiger partial charge < -0.3 is 11.1 Å². The number of fused-ring (bicyclic) bond motifs is 1. The Morgan fingerprint density at radius 1 is 1.37 bits per heavy atom. The highest BCUT2D eigenvalue weighted by molar-refractivity contribution is 5.42. The van der Waals surface area contributed by atoms with Crippen molar-refractivity contribution < 1.29 is 0 Å². The Labute approximate surface area is 114 Å². The molecule has 0 saturated heterocycles. The highest BCUT2D eigenvalue weighted by Gasteiger charge is 2.12. The van der Waals surface area contributed by atoms with Gasteiger partial charge in [0.1, 0.15) is 0 Å². The molecule has 2 aromatic heterocycles. The van der Waals surface area contributed by atoms with Crippen LogP contribution in [0.4, 0.5) is 0 Å². The van der Waals surface area contributed by atoms with Gasteiger partial charge in [0, 0.05) is 29.6 Å². The minimum absolute atomic E-state index is 0.277. The Bertz CT molecular complexity index is 546. The van der Waals surface area contributed by atoms with Crippen LogP contribution in [-0.4, -0.2) is 27.7 Å². The van der Waals surface area contributed by atoms with E-state index in [1.54, 1.807) is 0 Å². The Kier molecular flexibility index (Phi) is 4.50. The number of nitrogens with zero attached hydrogens (tertiary/aromatic N) is 3. The molecule has 0 radical (unpaired) electrons. The van der Waals surface area contributed by atoms with E-state index in [9.17, 15) is 0 Å². The third-order valence-electron chi connectivity index (χ3n) is 3.43. The van der Waals surface area contributed by atoms with Gasteiger partial charge in [0.05, 0.1) is 5.69 Å². The van der Waals surface area contributed by atoms with Gasteiger partial charge in [0.25, 0.3) is 0 Å². The summed E-state index contributed by atoms with van der Waals surface area (Å²) in [7, 11) is 0. The summed E-state index contributed by atoms with van der Waals surface area (Å²) in [5.74, 6) is 0. The standard InChI is InChI=1S/C14H23N5/c1-10-8-14-17-9-13(12(3)19(14)18-10)11(2)16-7-5-4-6-15/h8-9,11,16H,4-7,15H2,1-3H3. The molecule has 0 spiro atoms. The van der Waals surface area contributed by atoms with E-state index in [2.05, 4.69) is 29.2 Å². The number of nitrogens with two attached hydrogens (primary N) is 1. The first-order valence-corrected chi connectivity index (χ1v) is 6.89. The lowest BCUT2D eigenvalue weighted by Crippen LogP contribution is -2.22. The van der Waals surface area contributed by atoms with Gasteiger partial charge >= 0.3 is 0 Å². The van der Waals surface area contributed by atoms with Crippen LogP contribution in [0.3, 0.4) is 0 Å². The highest BCUT2D eigenvalue weighted by Crippen LogP contribution is 2.17. The Morgan fingerprint density at radius 3 is 2.89 bits per heavy atom. The fourth-order valence-corrected chi connectivity index (χ4v) is 2.30. The van der Waals surface area contributed by atoms with Crippen molar-refractivity contribution in [3.8, 4) is 0 Å². The Balaban J connectivity index is 2.13. The predicted octanol–water partition coefficient (Wildman–Crippen LogP) is 1.74. The first-order chi connectivity index (χ1) is 9.13. The second-order valence-electron chi connectivity index (χ2n) is 5.03. The van der Waals surface area contributed by atoms with Crippen LogP contribution >= 0.6 is 0 Å². The van der Waals surface area contributed by atoms with E-state index in [0.717, 1.165) is 43.0 Å². The first kappa shape index (κ1) is 14.0. The molecule has 104 valence electrons. The first-order valence-electron chi connectivity index (χ1n) is 6.89. The molecular weight excluding hydrogens is 238 g/mol. The topological polar surface area (TPSA) is 68.2 Å². The molecule has 1 atom stereocenters. The maximum absolute atomic E-state index is 5.50. The van der Waals surface area contributed by atoms with E-state index in [4.69, 9.17) is 5.73 Å². The van der Waals surface area contributed by atoms with Crippen LogP contribution in [0.25, 0.3) is 5.65 Å². The molecule has 2 aromatic rings. The van der Waals surface area contributed by atoms with Crippen molar-refractivity contribution >= 4 is 5.65 Å². The summed E-state index contributed by atoms with van der Waals surface area (Å²) in [6, 6.07) is 2.27. The van der Waals surface area contributed by atoms with Gasteiger partial charge in [0.2, 0.25) is 0 Å². The minimum Gasteiger partial charge on any atom is -0.330 e. The third kappa shape index (κ3) is 3.11. The summed E-state index contributed by atoms with van der Waals surface area (Å²) < 4.78 is 1.92. The largest absolute Gasteiger partial charge is 0.330 e. The van der Waals surface area contributed by atoms with Crippen LogP contribution in [0.2, 0.25) is 0 Å². The molecule has 19 heavy (non-hydrogen) atoms. The smallest absolute Gasteiger partial charge is 0.155 e. The van der Waals surface area contributed by atoms with E-state index in [1.165, 1.54) is 5.56 Å². The van der Waals surface area contributed by atoms with Crippen molar-refractivity contribution in [1.82, 2.24) is 19.9 Å². The van der Waals surface area contributed by atoms with E-state index in [0.29, 0.717) is 0 Å². The van der Waals surface area contributed by atoms with Crippen molar-refractivity contribution in [1.29, 1.82) is 0 Å². The molecule has 3 N–H and O–H groups in total. The normalized spacial score (nSPS) is 13.1. The molecule has 5 heteroatoms. The molecule has 0 amide bonds. The summed E-state index contributed by atoms with van der Waals surface area (Å²) in [6.07, 6.45) is 4.12. The van der Waals surface area contributed by atoms with Gasteiger partial charge in [-0.3, -0.25) is 0 Å². The molecule has 0 aliphatic heterocycles. The lowest BCUT2D eigenvalue weighted by molar-refractivity contribution is 0.542. The van der Waals surface area contributed by atoms with Crippen molar-refractivity contribution in [2.24, 2.45) is 5.73 Å². The summed E-state index contributed by atoms with van der Waals surface area (Å²) in [6.45, 7) is 7.98. The van der Waals surface area contributed by atoms with Crippen molar-refractivity contribution in [3.05, 3.63) is 29.2 Å². The van der Waals surface area contributed by atoms with Gasteiger partial charge in [0.15, 0.2) is 5.65 Å². The maximum atomic E-state index is 5.50. The molecule has 0 bridgehead atoms. The molecule has 0 saturated carbocycles. The van der Waals surface area contributed by atoms with Crippen LogP contribution < -0.4 is 11.1 Å². The minimum atomic E-state index is 0.277. The number of rotatable bonds is 6. The van der Waals surface area contributed by atoms with Crippen LogP contribution in [0.1, 0.15) is 42.8 Å². The summed E-state index contributed by atoms with van der Waals surface area (Å²) in [5, 5.41) is 7.98. The molecule has 1 unspecified atom stereocenters. The average molecular weight is 261 g/mol. The fraction of sp³-hybridized carbons (Fsp3) is 0.571. The Hall–Kier alpha value is -1.46. The number of hydrogen-bond acceptors (Lipinski definition) is 4. The van der Waals surface area contributed by atoms with E-state index in [1.807, 2.05) is 23.7 Å². The number of nitrogens with one attached hydrogen (secondary N) is 1. The zero-order valence-electron chi connectivity index (χ0n) is 12.0. The molecule has 0 aromatic carbocycles. The average Bonchev–Trinajstić information content (AvgIpc) is 2.76. The fourth-order valence-electron chi connectivity index (χ4n) is 2.30.